The summed E-state index contributed by atoms with van der Waals surface area (Å²) in [5, 5.41) is 8.52. The molecule has 122 valence electrons. The molecular weight excluding hydrogens is 296 g/mol. The van der Waals surface area contributed by atoms with Gasteiger partial charge in [0.2, 0.25) is 0 Å². The molecule has 0 bridgehead atoms. The molecule has 1 aromatic heterocycles. The van der Waals surface area contributed by atoms with Gasteiger partial charge in [-0.25, -0.2) is 0 Å². The summed E-state index contributed by atoms with van der Waals surface area (Å²) in [7, 11) is 2.04. The molecule has 4 nitrogen and oxygen atoms in total. The van der Waals surface area contributed by atoms with Crippen LogP contribution >= 0.6 is 0 Å². The molecule has 1 atom stereocenters. The van der Waals surface area contributed by atoms with Gasteiger partial charge < -0.3 is 4.57 Å². The Morgan fingerprint density at radius 1 is 1.00 bits per heavy atom. The maximum atomic E-state index is 4.33. The van der Waals surface area contributed by atoms with Crippen LogP contribution in [0.25, 0.3) is 0 Å². The molecule has 0 fully saturated rings. The molecule has 0 saturated heterocycles. The first kappa shape index (κ1) is 15.1. The Bertz CT molecular complexity index is 838. The minimum Gasteiger partial charge on any atom is -0.317 e. The van der Waals surface area contributed by atoms with Crippen molar-refractivity contribution < 1.29 is 0 Å². The zero-order chi connectivity index (χ0) is 16.5. The maximum Gasteiger partial charge on any atom is 0.146 e. The van der Waals surface area contributed by atoms with E-state index >= 15 is 0 Å². The fourth-order valence-electron chi connectivity index (χ4n) is 3.56. The van der Waals surface area contributed by atoms with Crippen LogP contribution in [-0.2, 0) is 20.1 Å². The number of rotatable bonds is 3. The van der Waals surface area contributed by atoms with E-state index in [-0.39, 0.29) is 0 Å². The first-order valence-corrected chi connectivity index (χ1v) is 8.42. The molecule has 4 heteroatoms. The van der Waals surface area contributed by atoms with Crippen LogP contribution in [-0.4, -0.2) is 26.2 Å². The lowest BCUT2D eigenvalue weighted by Gasteiger charge is -2.34. The lowest BCUT2D eigenvalue weighted by Crippen LogP contribution is -2.34. The lowest BCUT2D eigenvalue weighted by atomic mass is 9.85. The van der Waals surface area contributed by atoms with Gasteiger partial charge in [0.1, 0.15) is 11.6 Å². The van der Waals surface area contributed by atoms with Gasteiger partial charge in [0, 0.05) is 26.1 Å². The van der Waals surface area contributed by atoms with E-state index < -0.39 is 0 Å². The Labute approximate surface area is 142 Å². The van der Waals surface area contributed by atoms with Crippen molar-refractivity contribution in [2.45, 2.75) is 25.9 Å². The molecule has 0 saturated carbocycles. The zero-order valence-electron chi connectivity index (χ0n) is 14.2. The Morgan fingerprint density at radius 2 is 1.75 bits per heavy atom. The van der Waals surface area contributed by atoms with Crippen molar-refractivity contribution in [2.24, 2.45) is 7.05 Å². The van der Waals surface area contributed by atoms with Crippen molar-refractivity contribution in [2.75, 3.05) is 6.54 Å². The third kappa shape index (κ3) is 2.74. The molecule has 0 N–H and O–H groups in total. The van der Waals surface area contributed by atoms with Crippen LogP contribution in [0, 0.1) is 6.92 Å². The van der Waals surface area contributed by atoms with Gasteiger partial charge in [-0.1, -0.05) is 54.6 Å². The van der Waals surface area contributed by atoms with Crippen molar-refractivity contribution >= 4 is 0 Å². The standard InChI is InChI=1S/C20H22N4/c1-15-21-22-20(23(15)2)14-24-12-17-10-6-7-11-18(17)19(13-24)16-8-4-3-5-9-16/h3-11,19H,12-14H2,1-2H3/t19-/m0/s1. The van der Waals surface area contributed by atoms with Gasteiger partial charge in [-0.05, 0) is 23.6 Å². The van der Waals surface area contributed by atoms with E-state index in [1.54, 1.807) is 0 Å². The Morgan fingerprint density at radius 3 is 2.50 bits per heavy atom. The summed E-state index contributed by atoms with van der Waals surface area (Å²) in [6.07, 6.45) is 0. The van der Waals surface area contributed by atoms with Gasteiger partial charge in [-0.15, -0.1) is 10.2 Å². The molecule has 1 aliphatic rings. The zero-order valence-corrected chi connectivity index (χ0v) is 14.2. The van der Waals surface area contributed by atoms with Gasteiger partial charge >= 0.3 is 0 Å². The highest BCUT2D eigenvalue weighted by molar-refractivity contribution is 5.40. The second-order valence-electron chi connectivity index (χ2n) is 6.55. The van der Waals surface area contributed by atoms with Gasteiger partial charge in [0.15, 0.2) is 0 Å². The number of nitrogens with zero attached hydrogens (tertiary/aromatic N) is 4. The first-order valence-electron chi connectivity index (χ1n) is 8.42. The molecule has 0 amide bonds. The third-order valence-electron chi connectivity index (χ3n) is 5.01. The maximum absolute atomic E-state index is 4.33. The van der Waals surface area contributed by atoms with E-state index in [0.29, 0.717) is 5.92 Å². The average molecular weight is 318 g/mol. The molecule has 2 heterocycles. The van der Waals surface area contributed by atoms with Crippen LogP contribution < -0.4 is 0 Å². The van der Waals surface area contributed by atoms with Gasteiger partial charge in [0.05, 0.1) is 6.54 Å². The van der Waals surface area contributed by atoms with E-state index in [1.807, 2.05) is 14.0 Å². The normalized spacial score (nSPS) is 17.7. The predicted octanol–water partition coefficient (Wildman–Crippen LogP) is 3.27. The molecule has 4 rings (SSSR count). The second-order valence-corrected chi connectivity index (χ2v) is 6.55. The topological polar surface area (TPSA) is 34.0 Å². The first-order chi connectivity index (χ1) is 11.7. The third-order valence-corrected chi connectivity index (χ3v) is 5.01. The Hall–Kier alpha value is -2.46. The Kier molecular flexibility index (Phi) is 3.90. The molecule has 0 radical (unpaired) electrons. The summed E-state index contributed by atoms with van der Waals surface area (Å²) in [5.41, 5.74) is 4.24. The van der Waals surface area contributed by atoms with E-state index in [9.17, 15) is 0 Å². The summed E-state index contributed by atoms with van der Waals surface area (Å²) in [6.45, 7) is 4.79. The summed E-state index contributed by atoms with van der Waals surface area (Å²) in [5.74, 6) is 2.39. The van der Waals surface area contributed by atoms with E-state index in [0.717, 1.165) is 31.3 Å². The molecular formula is C20H22N4. The minimum atomic E-state index is 0.408. The summed E-state index contributed by atoms with van der Waals surface area (Å²) in [4.78, 5) is 2.48. The highest BCUT2D eigenvalue weighted by atomic mass is 15.3. The minimum absolute atomic E-state index is 0.408. The number of fused-ring (bicyclic) bond motifs is 1. The lowest BCUT2D eigenvalue weighted by molar-refractivity contribution is 0.224. The van der Waals surface area contributed by atoms with Gasteiger partial charge in [-0.2, -0.15) is 0 Å². The SMILES string of the molecule is Cc1nnc(CN2Cc3ccccc3[C@H](c3ccccc3)C2)n1C. The largest absolute Gasteiger partial charge is 0.317 e. The van der Waals surface area contributed by atoms with Crippen molar-refractivity contribution in [3.05, 3.63) is 82.9 Å². The van der Waals surface area contributed by atoms with Crippen molar-refractivity contribution in [1.82, 2.24) is 19.7 Å². The molecule has 3 aromatic rings. The van der Waals surface area contributed by atoms with E-state index in [4.69, 9.17) is 0 Å². The molecule has 24 heavy (non-hydrogen) atoms. The number of benzene rings is 2. The van der Waals surface area contributed by atoms with Crippen molar-refractivity contribution in [3.63, 3.8) is 0 Å². The van der Waals surface area contributed by atoms with Crippen molar-refractivity contribution in [3.8, 4) is 0 Å². The van der Waals surface area contributed by atoms with E-state index in [2.05, 4.69) is 74.3 Å². The Balaban J connectivity index is 1.66. The van der Waals surface area contributed by atoms with Crippen LogP contribution in [0.5, 0.6) is 0 Å². The van der Waals surface area contributed by atoms with Crippen LogP contribution in [0.1, 0.15) is 34.3 Å². The van der Waals surface area contributed by atoms with Gasteiger partial charge in [-0.3, -0.25) is 4.90 Å². The van der Waals surface area contributed by atoms with Crippen LogP contribution in [0.3, 0.4) is 0 Å². The molecule has 0 aliphatic carbocycles. The number of hydrogen-bond donors (Lipinski definition) is 0. The monoisotopic (exact) mass is 318 g/mol. The summed E-state index contributed by atoms with van der Waals surface area (Å²) < 4.78 is 2.08. The summed E-state index contributed by atoms with van der Waals surface area (Å²) >= 11 is 0. The van der Waals surface area contributed by atoms with Crippen LogP contribution in [0.15, 0.2) is 54.6 Å². The molecule has 2 aromatic carbocycles. The summed E-state index contributed by atoms with van der Waals surface area (Å²) in [6, 6.07) is 19.6. The van der Waals surface area contributed by atoms with Crippen LogP contribution in [0.4, 0.5) is 0 Å². The second kappa shape index (κ2) is 6.21. The molecule has 0 unspecified atom stereocenters. The number of aryl methyl sites for hydroxylation is 1. The van der Waals surface area contributed by atoms with E-state index in [1.165, 1.54) is 16.7 Å². The van der Waals surface area contributed by atoms with Crippen molar-refractivity contribution in [1.29, 1.82) is 0 Å². The average Bonchev–Trinajstić information content (AvgIpc) is 2.94. The smallest absolute Gasteiger partial charge is 0.146 e. The molecule has 0 spiro atoms. The predicted molar refractivity (Wildman–Crippen MR) is 94.6 cm³/mol. The quantitative estimate of drug-likeness (QED) is 0.743. The van der Waals surface area contributed by atoms with Gasteiger partial charge in [0.25, 0.3) is 0 Å². The highest BCUT2D eigenvalue weighted by Crippen LogP contribution is 2.33. The highest BCUT2D eigenvalue weighted by Gasteiger charge is 2.27. The number of aromatic nitrogens is 3. The van der Waals surface area contributed by atoms with Crippen LogP contribution in [0.2, 0.25) is 0 Å². The fourth-order valence-corrected chi connectivity index (χ4v) is 3.56. The fraction of sp³-hybridized carbons (Fsp3) is 0.300. The molecule has 1 aliphatic heterocycles. The number of hydrogen-bond acceptors (Lipinski definition) is 3.